The highest BCUT2D eigenvalue weighted by Crippen LogP contribution is 2.27. The molecule has 0 aliphatic rings. The van der Waals surface area contributed by atoms with Crippen molar-refractivity contribution in [2.75, 3.05) is 11.9 Å². The normalized spacial score (nSPS) is 10.0. The molecule has 28 heavy (non-hydrogen) atoms. The molecule has 0 bridgehead atoms. The number of rotatable bonds is 6. The van der Waals surface area contributed by atoms with Gasteiger partial charge in [-0.1, -0.05) is 12.1 Å². The van der Waals surface area contributed by atoms with Crippen molar-refractivity contribution in [1.29, 1.82) is 5.26 Å². The number of para-hydroxylation sites is 1. The number of carbonyl (C=O) groups is 1. The lowest BCUT2D eigenvalue weighted by molar-refractivity contribution is 0.102. The Morgan fingerprint density at radius 2 is 2.00 bits per heavy atom. The zero-order valence-electron chi connectivity index (χ0n) is 15.6. The second-order valence-electron chi connectivity index (χ2n) is 5.93. The van der Waals surface area contributed by atoms with E-state index in [0.29, 0.717) is 34.9 Å². The third kappa shape index (κ3) is 4.27. The van der Waals surface area contributed by atoms with Crippen LogP contribution in [0.5, 0.6) is 17.4 Å². The summed E-state index contributed by atoms with van der Waals surface area (Å²) in [7, 11) is 0. The zero-order valence-corrected chi connectivity index (χ0v) is 15.6. The van der Waals surface area contributed by atoms with E-state index in [4.69, 9.17) is 14.7 Å². The van der Waals surface area contributed by atoms with Crippen LogP contribution in [-0.2, 0) is 0 Å². The van der Waals surface area contributed by atoms with Crippen molar-refractivity contribution in [3.8, 4) is 23.4 Å². The Morgan fingerprint density at radius 1 is 1.18 bits per heavy atom. The van der Waals surface area contributed by atoms with Crippen LogP contribution in [0.4, 0.5) is 5.69 Å². The zero-order chi connectivity index (χ0) is 19.9. The fraction of sp³-hybridized carbons (Fsp3) is 0.136. The molecular weight excluding hydrogens is 354 g/mol. The molecule has 0 saturated heterocycles. The summed E-state index contributed by atoms with van der Waals surface area (Å²) in [4.78, 5) is 16.7. The first-order valence-electron chi connectivity index (χ1n) is 8.79. The first-order valence-corrected chi connectivity index (χ1v) is 8.79. The van der Waals surface area contributed by atoms with Gasteiger partial charge in [-0.3, -0.25) is 4.79 Å². The third-order valence-electron chi connectivity index (χ3n) is 3.98. The molecule has 0 aliphatic carbocycles. The highest BCUT2D eigenvalue weighted by Gasteiger charge is 2.14. The molecule has 1 aromatic heterocycles. The molecule has 1 N–H and O–H groups in total. The van der Waals surface area contributed by atoms with Crippen molar-refractivity contribution in [2.45, 2.75) is 13.8 Å². The Kier molecular flexibility index (Phi) is 5.87. The average molecular weight is 373 g/mol. The molecule has 0 radical (unpaired) electrons. The van der Waals surface area contributed by atoms with Crippen LogP contribution in [0.3, 0.4) is 0 Å². The summed E-state index contributed by atoms with van der Waals surface area (Å²) in [6, 6.07) is 17.7. The first kappa shape index (κ1) is 18.9. The summed E-state index contributed by atoms with van der Waals surface area (Å²) in [5, 5.41) is 12.0. The Balaban J connectivity index is 1.78. The number of carbonyl (C=O) groups excluding carboxylic acids is 1. The number of anilines is 1. The second-order valence-corrected chi connectivity index (χ2v) is 5.93. The van der Waals surface area contributed by atoms with Crippen LogP contribution < -0.4 is 14.8 Å². The monoisotopic (exact) mass is 373 g/mol. The maximum Gasteiger partial charge on any atom is 0.259 e. The van der Waals surface area contributed by atoms with Gasteiger partial charge in [0.25, 0.3) is 5.91 Å². The van der Waals surface area contributed by atoms with Gasteiger partial charge in [0.15, 0.2) is 0 Å². The van der Waals surface area contributed by atoms with Gasteiger partial charge in [-0.2, -0.15) is 5.26 Å². The number of benzene rings is 2. The minimum absolute atomic E-state index is 0.242. The summed E-state index contributed by atoms with van der Waals surface area (Å²) < 4.78 is 11.2. The number of nitrogens with one attached hydrogen (secondary N) is 1. The summed E-state index contributed by atoms with van der Waals surface area (Å²) in [6.45, 7) is 4.21. The lowest BCUT2D eigenvalue weighted by atomic mass is 10.1. The lowest BCUT2D eigenvalue weighted by Gasteiger charge is -2.13. The van der Waals surface area contributed by atoms with E-state index in [9.17, 15) is 4.79 Å². The van der Waals surface area contributed by atoms with E-state index < -0.39 is 0 Å². The molecule has 0 atom stereocenters. The topological polar surface area (TPSA) is 84.2 Å². The molecule has 0 spiro atoms. The predicted octanol–water partition coefficient (Wildman–Crippen LogP) is 4.71. The number of aromatic nitrogens is 1. The molecule has 3 aromatic rings. The number of amides is 1. The maximum atomic E-state index is 12.7. The molecular formula is C22H19N3O3. The van der Waals surface area contributed by atoms with Crippen LogP contribution in [0.15, 0.2) is 60.8 Å². The Morgan fingerprint density at radius 3 is 2.75 bits per heavy atom. The van der Waals surface area contributed by atoms with E-state index in [-0.39, 0.29) is 11.8 Å². The van der Waals surface area contributed by atoms with Gasteiger partial charge in [0.05, 0.1) is 12.2 Å². The van der Waals surface area contributed by atoms with E-state index in [0.717, 1.165) is 5.56 Å². The first-order chi connectivity index (χ1) is 13.6. The molecule has 3 rings (SSSR count). The number of nitriles is 1. The molecule has 1 amide bonds. The molecule has 1 heterocycles. The quantitative estimate of drug-likeness (QED) is 0.677. The number of ether oxygens (including phenoxy) is 2. The van der Waals surface area contributed by atoms with E-state index in [1.54, 1.807) is 54.7 Å². The van der Waals surface area contributed by atoms with Crippen molar-refractivity contribution >= 4 is 11.6 Å². The highest BCUT2D eigenvalue weighted by molar-refractivity contribution is 6.06. The average Bonchev–Trinajstić information content (AvgIpc) is 2.71. The smallest absolute Gasteiger partial charge is 0.259 e. The van der Waals surface area contributed by atoms with Gasteiger partial charge < -0.3 is 14.8 Å². The molecule has 6 nitrogen and oxygen atoms in total. The van der Waals surface area contributed by atoms with Crippen LogP contribution in [0, 0.1) is 18.3 Å². The van der Waals surface area contributed by atoms with Gasteiger partial charge in [-0.15, -0.1) is 0 Å². The van der Waals surface area contributed by atoms with Crippen molar-refractivity contribution in [3.05, 3.63) is 77.5 Å². The number of nitrogens with zero attached hydrogens (tertiary/aromatic N) is 2. The standard InChI is InChI=1S/C22H19N3O3/c1-3-27-20-9-5-4-8-18(20)21(26)25-19-11-10-17(13-15(19)2)28-22-16(14-23)7-6-12-24-22/h4-13H,3H2,1-2H3,(H,25,26). The minimum atomic E-state index is -0.252. The van der Waals surface area contributed by atoms with Gasteiger partial charge in [0, 0.05) is 11.9 Å². The van der Waals surface area contributed by atoms with E-state index in [1.807, 2.05) is 26.0 Å². The fourth-order valence-corrected chi connectivity index (χ4v) is 2.63. The molecule has 0 saturated carbocycles. The van der Waals surface area contributed by atoms with Gasteiger partial charge in [0.1, 0.15) is 23.1 Å². The fourth-order valence-electron chi connectivity index (χ4n) is 2.63. The molecule has 0 aliphatic heterocycles. The SMILES string of the molecule is CCOc1ccccc1C(=O)Nc1ccc(Oc2ncccc2C#N)cc1C. The van der Waals surface area contributed by atoms with E-state index >= 15 is 0 Å². The van der Waals surface area contributed by atoms with Crippen LogP contribution >= 0.6 is 0 Å². The third-order valence-corrected chi connectivity index (χ3v) is 3.98. The minimum Gasteiger partial charge on any atom is -0.493 e. The highest BCUT2D eigenvalue weighted by atomic mass is 16.5. The molecule has 6 heteroatoms. The van der Waals surface area contributed by atoms with Gasteiger partial charge in [0.2, 0.25) is 5.88 Å². The van der Waals surface area contributed by atoms with Crippen LogP contribution in [0.2, 0.25) is 0 Å². The number of pyridine rings is 1. The Hall–Kier alpha value is -3.85. The summed E-state index contributed by atoms with van der Waals surface area (Å²) in [5.74, 6) is 1.06. The van der Waals surface area contributed by atoms with Gasteiger partial charge in [-0.25, -0.2) is 4.98 Å². The van der Waals surface area contributed by atoms with E-state index in [2.05, 4.69) is 10.3 Å². The summed E-state index contributed by atoms with van der Waals surface area (Å²) in [6.07, 6.45) is 1.56. The summed E-state index contributed by atoms with van der Waals surface area (Å²) >= 11 is 0. The van der Waals surface area contributed by atoms with Crippen molar-refractivity contribution in [1.82, 2.24) is 4.98 Å². The number of hydrogen-bond donors (Lipinski definition) is 1. The lowest BCUT2D eigenvalue weighted by Crippen LogP contribution is -2.14. The largest absolute Gasteiger partial charge is 0.493 e. The molecule has 0 unspecified atom stereocenters. The van der Waals surface area contributed by atoms with E-state index in [1.165, 1.54) is 0 Å². The number of aryl methyl sites for hydroxylation is 1. The maximum absolute atomic E-state index is 12.7. The van der Waals surface area contributed by atoms with Gasteiger partial charge in [-0.05, 0) is 61.9 Å². The Bertz CT molecular complexity index is 1040. The second kappa shape index (κ2) is 8.69. The molecule has 0 fully saturated rings. The predicted molar refractivity (Wildman–Crippen MR) is 106 cm³/mol. The Labute approximate surface area is 163 Å². The molecule has 2 aromatic carbocycles. The molecule has 140 valence electrons. The summed E-state index contributed by atoms with van der Waals surface area (Å²) in [5.41, 5.74) is 2.29. The van der Waals surface area contributed by atoms with Crippen LogP contribution in [0.1, 0.15) is 28.4 Å². The van der Waals surface area contributed by atoms with Crippen molar-refractivity contribution < 1.29 is 14.3 Å². The van der Waals surface area contributed by atoms with Crippen molar-refractivity contribution in [3.63, 3.8) is 0 Å². The van der Waals surface area contributed by atoms with Crippen molar-refractivity contribution in [2.24, 2.45) is 0 Å². The van der Waals surface area contributed by atoms with Gasteiger partial charge >= 0.3 is 0 Å². The number of hydrogen-bond acceptors (Lipinski definition) is 5. The van der Waals surface area contributed by atoms with Crippen LogP contribution in [0.25, 0.3) is 0 Å². The van der Waals surface area contributed by atoms with Crippen LogP contribution in [-0.4, -0.2) is 17.5 Å².